The van der Waals surface area contributed by atoms with Crippen molar-refractivity contribution in [3.63, 3.8) is 0 Å². The standard InChI is InChI=1S/C26H28N2O3/c1-18-10-11-24(19(2)16-18)31-17-25(29)27-21-12-14-28(15-13-21)26(30)23-9-5-7-20-6-3-4-8-22(20)23/h3-11,16,21H,12-15,17H2,1-2H3,(H,27,29). The van der Waals surface area contributed by atoms with E-state index in [1.54, 1.807) is 0 Å². The Kier molecular flexibility index (Phi) is 6.21. The fourth-order valence-electron chi connectivity index (χ4n) is 4.18. The highest BCUT2D eigenvalue weighted by Crippen LogP contribution is 2.22. The molecule has 0 bridgehead atoms. The molecule has 0 unspecified atom stereocenters. The van der Waals surface area contributed by atoms with Crippen LogP contribution in [0, 0.1) is 13.8 Å². The van der Waals surface area contributed by atoms with Gasteiger partial charge >= 0.3 is 0 Å². The van der Waals surface area contributed by atoms with Crippen LogP contribution in [0.5, 0.6) is 5.75 Å². The number of benzene rings is 3. The monoisotopic (exact) mass is 416 g/mol. The molecule has 1 N–H and O–H groups in total. The molecule has 160 valence electrons. The number of hydrogen-bond acceptors (Lipinski definition) is 3. The first-order valence-electron chi connectivity index (χ1n) is 10.8. The molecule has 3 aromatic carbocycles. The zero-order chi connectivity index (χ0) is 21.8. The topological polar surface area (TPSA) is 58.6 Å². The number of piperidine rings is 1. The van der Waals surface area contributed by atoms with Gasteiger partial charge in [-0.3, -0.25) is 9.59 Å². The van der Waals surface area contributed by atoms with E-state index in [-0.39, 0.29) is 24.5 Å². The van der Waals surface area contributed by atoms with Gasteiger partial charge in [-0.25, -0.2) is 0 Å². The smallest absolute Gasteiger partial charge is 0.258 e. The lowest BCUT2D eigenvalue weighted by Crippen LogP contribution is -2.47. The molecule has 4 rings (SSSR count). The molecule has 1 heterocycles. The van der Waals surface area contributed by atoms with Crippen molar-refractivity contribution in [1.82, 2.24) is 10.2 Å². The number of carbonyl (C=O) groups excluding carboxylic acids is 2. The molecule has 0 spiro atoms. The largest absolute Gasteiger partial charge is 0.484 e. The first-order chi connectivity index (χ1) is 15.0. The van der Waals surface area contributed by atoms with E-state index < -0.39 is 0 Å². The molecule has 1 saturated heterocycles. The molecule has 0 atom stereocenters. The highest BCUT2D eigenvalue weighted by atomic mass is 16.5. The van der Waals surface area contributed by atoms with E-state index in [1.807, 2.05) is 79.4 Å². The van der Waals surface area contributed by atoms with Crippen LogP contribution in [0.3, 0.4) is 0 Å². The van der Waals surface area contributed by atoms with Gasteiger partial charge in [0.1, 0.15) is 5.75 Å². The molecule has 5 nitrogen and oxygen atoms in total. The number of fused-ring (bicyclic) bond motifs is 1. The Labute approximate surface area is 183 Å². The summed E-state index contributed by atoms with van der Waals surface area (Å²) in [5, 5.41) is 5.10. The van der Waals surface area contributed by atoms with Crippen molar-refractivity contribution in [2.75, 3.05) is 19.7 Å². The molecule has 3 aromatic rings. The van der Waals surface area contributed by atoms with Crippen LogP contribution >= 0.6 is 0 Å². The number of likely N-dealkylation sites (tertiary alicyclic amines) is 1. The van der Waals surface area contributed by atoms with Gasteiger partial charge in [0.25, 0.3) is 11.8 Å². The SMILES string of the molecule is Cc1ccc(OCC(=O)NC2CCN(C(=O)c3cccc4ccccc34)CC2)c(C)c1. The molecule has 0 saturated carbocycles. The van der Waals surface area contributed by atoms with Crippen LogP contribution in [0.15, 0.2) is 60.7 Å². The van der Waals surface area contributed by atoms with Gasteiger partial charge in [0.2, 0.25) is 0 Å². The third kappa shape index (κ3) is 4.88. The second-order valence-electron chi connectivity index (χ2n) is 8.22. The average Bonchev–Trinajstić information content (AvgIpc) is 2.78. The van der Waals surface area contributed by atoms with Gasteiger partial charge in [-0.15, -0.1) is 0 Å². The van der Waals surface area contributed by atoms with E-state index in [0.29, 0.717) is 13.1 Å². The zero-order valence-electron chi connectivity index (χ0n) is 18.1. The summed E-state index contributed by atoms with van der Waals surface area (Å²) in [7, 11) is 0. The van der Waals surface area contributed by atoms with Crippen molar-refractivity contribution in [2.24, 2.45) is 0 Å². The van der Waals surface area contributed by atoms with Crippen LogP contribution in [-0.4, -0.2) is 42.5 Å². The summed E-state index contributed by atoms with van der Waals surface area (Å²) in [6.45, 7) is 5.26. The van der Waals surface area contributed by atoms with E-state index in [1.165, 1.54) is 5.56 Å². The van der Waals surface area contributed by atoms with Crippen molar-refractivity contribution in [3.05, 3.63) is 77.4 Å². The van der Waals surface area contributed by atoms with Gasteiger partial charge in [0.05, 0.1) is 0 Å². The molecular weight excluding hydrogens is 388 g/mol. The van der Waals surface area contributed by atoms with Gasteiger partial charge in [-0.2, -0.15) is 0 Å². The molecular formula is C26H28N2O3. The molecule has 31 heavy (non-hydrogen) atoms. The first kappa shape index (κ1) is 20.9. The van der Waals surface area contributed by atoms with Crippen molar-refractivity contribution in [2.45, 2.75) is 32.7 Å². The van der Waals surface area contributed by atoms with Crippen LogP contribution in [-0.2, 0) is 4.79 Å². The molecule has 0 aliphatic carbocycles. The minimum Gasteiger partial charge on any atom is -0.484 e. The molecule has 0 aromatic heterocycles. The lowest BCUT2D eigenvalue weighted by atomic mass is 10.0. The van der Waals surface area contributed by atoms with E-state index in [4.69, 9.17) is 4.74 Å². The van der Waals surface area contributed by atoms with Gasteiger partial charge in [0, 0.05) is 24.7 Å². The summed E-state index contributed by atoms with van der Waals surface area (Å²) >= 11 is 0. The number of nitrogens with zero attached hydrogens (tertiary/aromatic N) is 1. The predicted molar refractivity (Wildman–Crippen MR) is 122 cm³/mol. The maximum atomic E-state index is 13.1. The molecule has 5 heteroatoms. The second-order valence-corrected chi connectivity index (χ2v) is 8.22. The third-order valence-corrected chi connectivity index (χ3v) is 5.86. The second kappa shape index (κ2) is 9.21. The molecule has 1 aliphatic rings. The normalized spacial score (nSPS) is 14.5. The van der Waals surface area contributed by atoms with Crippen molar-refractivity contribution >= 4 is 22.6 Å². The Balaban J connectivity index is 1.29. The van der Waals surface area contributed by atoms with Crippen LogP contribution in [0.4, 0.5) is 0 Å². The fourth-order valence-corrected chi connectivity index (χ4v) is 4.18. The maximum absolute atomic E-state index is 13.1. The van der Waals surface area contributed by atoms with Gasteiger partial charge in [-0.1, -0.05) is 54.1 Å². The Bertz CT molecular complexity index is 1100. The average molecular weight is 417 g/mol. The Morgan fingerprint density at radius 3 is 2.52 bits per heavy atom. The molecule has 1 aliphatic heterocycles. The Morgan fingerprint density at radius 1 is 1.00 bits per heavy atom. The first-order valence-corrected chi connectivity index (χ1v) is 10.8. The van der Waals surface area contributed by atoms with E-state index >= 15 is 0 Å². The summed E-state index contributed by atoms with van der Waals surface area (Å²) in [6.07, 6.45) is 1.48. The Hall–Kier alpha value is -3.34. The van der Waals surface area contributed by atoms with Gasteiger partial charge < -0.3 is 15.0 Å². The van der Waals surface area contributed by atoms with E-state index in [9.17, 15) is 9.59 Å². The summed E-state index contributed by atoms with van der Waals surface area (Å²) < 4.78 is 5.68. The number of amides is 2. The highest BCUT2D eigenvalue weighted by molar-refractivity contribution is 6.07. The van der Waals surface area contributed by atoms with Crippen molar-refractivity contribution in [1.29, 1.82) is 0 Å². The van der Waals surface area contributed by atoms with Crippen LogP contribution in [0.1, 0.15) is 34.3 Å². The van der Waals surface area contributed by atoms with Crippen LogP contribution < -0.4 is 10.1 Å². The summed E-state index contributed by atoms with van der Waals surface area (Å²) in [6, 6.07) is 19.8. The summed E-state index contributed by atoms with van der Waals surface area (Å²) in [4.78, 5) is 27.3. The summed E-state index contributed by atoms with van der Waals surface area (Å²) in [5.41, 5.74) is 2.93. The van der Waals surface area contributed by atoms with E-state index in [2.05, 4.69) is 5.32 Å². The van der Waals surface area contributed by atoms with Crippen LogP contribution in [0.2, 0.25) is 0 Å². The zero-order valence-corrected chi connectivity index (χ0v) is 18.1. The lowest BCUT2D eigenvalue weighted by Gasteiger charge is -2.32. The fraction of sp³-hybridized carbons (Fsp3) is 0.308. The minimum absolute atomic E-state index is 0.000942. The number of aryl methyl sites for hydroxylation is 2. The molecule has 2 amide bonds. The Morgan fingerprint density at radius 2 is 1.74 bits per heavy atom. The van der Waals surface area contributed by atoms with Gasteiger partial charge in [0.15, 0.2) is 6.61 Å². The number of hydrogen-bond donors (Lipinski definition) is 1. The minimum atomic E-state index is -0.126. The highest BCUT2D eigenvalue weighted by Gasteiger charge is 2.25. The maximum Gasteiger partial charge on any atom is 0.258 e. The quantitative estimate of drug-likeness (QED) is 0.676. The van der Waals surface area contributed by atoms with Crippen LogP contribution in [0.25, 0.3) is 10.8 Å². The number of ether oxygens (including phenoxy) is 1. The number of rotatable bonds is 5. The lowest BCUT2D eigenvalue weighted by molar-refractivity contribution is -0.124. The number of nitrogens with one attached hydrogen (secondary N) is 1. The van der Waals surface area contributed by atoms with E-state index in [0.717, 1.165) is 40.5 Å². The molecule has 0 radical (unpaired) electrons. The van der Waals surface area contributed by atoms with Gasteiger partial charge in [-0.05, 0) is 55.2 Å². The summed E-state index contributed by atoms with van der Waals surface area (Å²) in [5.74, 6) is 0.662. The third-order valence-electron chi connectivity index (χ3n) is 5.86. The van der Waals surface area contributed by atoms with Crippen molar-refractivity contribution in [3.8, 4) is 5.75 Å². The van der Waals surface area contributed by atoms with Crippen molar-refractivity contribution < 1.29 is 14.3 Å². The molecule has 1 fully saturated rings. The number of carbonyl (C=O) groups is 2. The predicted octanol–water partition coefficient (Wildman–Crippen LogP) is 4.26.